The lowest BCUT2D eigenvalue weighted by Crippen LogP contribution is -2.47. The molecule has 338 valence electrons. The molecule has 2 aromatic rings. The first-order valence-electron chi connectivity index (χ1n) is 21.8. The van der Waals surface area contributed by atoms with Crippen LogP contribution in [-0.2, 0) is 19.6 Å². The fourth-order valence-corrected chi connectivity index (χ4v) is 7.00. The molecule has 0 bridgehead atoms. The molecule has 3 N–H and O–H groups in total. The predicted octanol–water partition coefficient (Wildman–Crippen LogP) is 8.90. The summed E-state index contributed by atoms with van der Waals surface area (Å²) < 4.78 is 39.5. The second-order valence-electron chi connectivity index (χ2n) is 15.8. The molecule has 2 amide bonds. The number of carbonyl (C=O) groups excluding carboxylic acids is 2. The number of halogens is 1. The summed E-state index contributed by atoms with van der Waals surface area (Å²) in [5.74, 6) is -0.927. The van der Waals surface area contributed by atoms with Crippen molar-refractivity contribution in [2.75, 3.05) is 30.7 Å². The molecule has 1 aliphatic heterocycles. The highest BCUT2D eigenvalue weighted by Crippen LogP contribution is 2.32. The number of rotatable bonds is 25. The zero-order valence-electron chi connectivity index (χ0n) is 37.2. The molecular formula is C49H68FN5O6S. The van der Waals surface area contributed by atoms with Gasteiger partial charge >= 0.3 is 0 Å². The maximum atomic E-state index is 13.8. The van der Waals surface area contributed by atoms with Crippen molar-refractivity contribution in [2.24, 2.45) is 0 Å². The molecule has 0 radical (unpaired) electrons. The molecule has 2 atom stereocenters. The van der Waals surface area contributed by atoms with E-state index in [1.807, 2.05) is 24.8 Å². The van der Waals surface area contributed by atoms with Crippen molar-refractivity contribution in [3.8, 4) is 11.3 Å². The molecule has 3 rings (SSSR count). The number of benzene rings is 1. The Balaban J connectivity index is 1.38. The zero-order valence-corrected chi connectivity index (χ0v) is 38.0. The lowest BCUT2D eigenvalue weighted by Gasteiger charge is -2.32. The topological polar surface area (TPSA) is 153 Å². The van der Waals surface area contributed by atoms with Gasteiger partial charge in [-0.1, -0.05) is 106 Å². The molecule has 2 heterocycles. The minimum Gasteiger partial charge on any atom is -0.392 e. The lowest BCUT2D eigenvalue weighted by molar-refractivity contribution is -0.132. The third-order valence-electron chi connectivity index (χ3n) is 10.2. The van der Waals surface area contributed by atoms with Crippen LogP contribution in [0.25, 0.3) is 17.3 Å². The molecule has 1 fully saturated rings. The zero-order chi connectivity index (χ0) is 45.3. The Morgan fingerprint density at radius 2 is 1.40 bits per heavy atom. The largest absolute Gasteiger partial charge is 0.392 e. The van der Waals surface area contributed by atoms with Gasteiger partial charge in [-0.15, -0.1) is 0 Å². The minimum absolute atomic E-state index is 0.0521. The van der Waals surface area contributed by atoms with E-state index in [1.54, 1.807) is 6.08 Å². The van der Waals surface area contributed by atoms with Crippen LogP contribution < -0.4 is 9.62 Å². The van der Waals surface area contributed by atoms with Crippen LogP contribution in [0.4, 0.5) is 10.3 Å². The number of hydrogen-bond acceptors (Lipinski definition) is 8. The molecule has 1 aromatic carbocycles. The average molecular weight is 874 g/mol. The Bertz CT molecular complexity index is 2020. The highest BCUT2D eigenvalue weighted by atomic mass is 32.2. The maximum Gasteiger partial charge on any atom is 0.239 e. The van der Waals surface area contributed by atoms with Crippen molar-refractivity contribution in [3.63, 3.8) is 0 Å². The Labute approximate surface area is 369 Å². The third-order valence-corrected chi connectivity index (χ3v) is 11.3. The van der Waals surface area contributed by atoms with Gasteiger partial charge < -0.3 is 20.4 Å². The number of amides is 2. The summed E-state index contributed by atoms with van der Waals surface area (Å²) in [5, 5.41) is 24.5. The fourth-order valence-electron chi connectivity index (χ4n) is 6.62. The van der Waals surface area contributed by atoms with E-state index in [1.165, 1.54) is 37.4 Å². The molecule has 1 saturated heterocycles. The van der Waals surface area contributed by atoms with Crippen LogP contribution in [-0.4, -0.2) is 90.0 Å². The van der Waals surface area contributed by atoms with Crippen LogP contribution >= 0.6 is 0 Å². The van der Waals surface area contributed by atoms with Crippen LogP contribution in [0.3, 0.4) is 0 Å². The summed E-state index contributed by atoms with van der Waals surface area (Å²) in [5.41, 5.74) is 1.86. The Morgan fingerprint density at radius 3 is 1.92 bits per heavy atom. The molecule has 11 nitrogen and oxygen atoms in total. The standard InChI is InChI=1S/C49H68FN5O6S/c1-6-7-8-9-10-11-12-13-14-15-16-17-18-19-20-21-22-23-24-25-46(59)55-34-32-41(33-35-55)51-45(58)37-43(57)36-42(56)30-31-44-47(38(2)3)52-49(54(4)62(5,60)61)53-48(44)39-26-28-40(50)29-27-39/h7-8,10-11,13-14,16-17,19-20,22-23,26-31,38,41-43,56-57H,6,9,12,15,18,21,24-25,32-37H2,1-5H3,(H,51,58). The number of sulfonamides is 1. The number of carbonyl (C=O) groups is 2. The van der Waals surface area contributed by atoms with Crippen molar-refractivity contribution < 1.29 is 32.6 Å². The van der Waals surface area contributed by atoms with E-state index in [2.05, 4.69) is 89.0 Å². The SMILES string of the molecule is CCC=CCC=CCC=CCC=CCC=CCC=CCCC(=O)N1CCC(NC(=O)CC(O)CC(O)C=Cc2c(-c3ccc(F)cc3)nc(N(C)S(C)(=O)=O)nc2C(C)C)CC1. The second-order valence-corrected chi connectivity index (χ2v) is 17.8. The van der Waals surface area contributed by atoms with Gasteiger partial charge in [0.15, 0.2) is 0 Å². The number of piperidine rings is 1. The Morgan fingerprint density at radius 1 is 0.871 bits per heavy atom. The fraction of sp³-hybridized carbons (Fsp3) is 0.469. The van der Waals surface area contributed by atoms with Crippen molar-refractivity contribution in [3.05, 3.63) is 120 Å². The quantitative estimate of drug-likeness (QED) is 0.0837. The smallest absolute Gasteiger partial charge is 0.239 e. The maximum absolute atomic E-state index is 13.8. The van der Waals surface area contributed by atoms with E-state index < -0.39 is 28.0 Å². The minimum atomic E-state index is -3.69. The van der Waals surface area contributed by atoms with Crippen LogP contribution in [0.2, 0.25) is 0 Å². The summed E-state index contributed by atoms with van der Waals surface area (Å²) in [4.78, 5) is 36.5. The molecule has 13 heteroatoms. The highest BCUT2D eigenvalue weighted by Gasteiger charge is 2.25. The van der Waals surface area contributed by atoms with E-state index in [9.17, 15) is 32.6 Å². The van der Waals surface area contributed by atoms with Gasteiger partial charge in [0.2, 0.25) is 27.8 Å². The summed E-state index contributed by atoms with van der Waals surface area (Å²) in [6, 6.07) is 5.48. The van der Waals surface area contributed by atoms with Crippen LogP contribution in [0.15, 0.2) is 103 Å². The molecule has 2 unspecified atom stereocenters. The second kappa shape index (κ2) is 27.9. The van der Waals surface area contributed by atoms with Crippen molar-refractivity contribution in [1.82, 2.24) is 20.2 Å². The summed E-state index contributed by atoms with van der Waals surface area (Å²) in [6.45, 7) is 7.00. The van der Waals surface area contributed by atoms with Gasteiger partial charge in [0, 0.05) is 50.1 Å². The van der Waals surface area contributed by atoms with E-state index in [0.29, 0.717) is 61.3 Å². The van der Waals surface area contributed by atoms with Crippen LogP contribution in [0.1, 0.15) is 115 Å². The number of nitrogens with zero attached hydrogens (tertiary/aromatic N) is 4. The number of anilines is 1. The molecule has 62 heavy (non-hydrogen) atoms. The lowest BCUT2D eigenvalue weighted by atomic mass is 9.97. The van der Waals surface area contributed by atoms with Gasteiger partial charge in [0.05, 0.1) is 36.3 Å². The van der Waals surface area contributed by atoms with Crippen molar-refractivity contribution in [1.29, 1.82) is 0 Å². The first kappa shape index (κ1) is 51.4. The number of aliphatic hydroxyl groups excluding tert-OH is 2. The number of likely N-dealkylation sites (tertiary alicyclic amines) is 1. The molecule has 1 aliphatic rings. The van der Waals surface area contributed by atoms with Crippen molar-refractivity contribution in [2.45, 2.75) is 122 Å². The van der Waals surface area contributed by atoms with Gasteiger partial charge in [-0.3, -0.25) is 9.59 Å². The third kappa shape index (κ3) is 19.4. The number of nitrogens with one attached hydrogen (secondary N) is 1. The molecule has 0 saturated carbocycles. The van der Waals surface area contributed by atoms with Gasteiger partial charge in [-0.05, 0) is 88.0 Å². The highest BCUT2D eigenvalue weighted by molar-refractivity contribution is 7.92. The number of aliphatic hydroxyl groups is 2. The van der Waals surface area contributed by atoms with E-state index in [-0.39, 0.29) is 42.6 Å². The Hall–Kier alpha value is -4.98. The normalized spacial score (nSPS) is 15.5. The van der Waals surface area contributed by atoms with Gasteiger partial charge in [-0.25, -0.2) is 27.1 Å². The number of aromatic nitrogens is 2. The summed E-state index contributed by atoms with van der Waals surface area (Å²) >= 11 is 0. The molecular weight excluding hydrogens is 806 g/mol. The molecule has 0 spiro atoms. The number of hydrogen-bond donors (Lipinski definition) is 3. The molecule has 1 aromatic heterocycles. The number of allylic oxidation sites excluding steroid dienone is 12. The van der Waals surface area contributed by atoms with Gasteiger partial charge in [0.1, 0.15) is 5.82 Å². The van der Waals surface area contributed by atoms with E-state index >= 15 is 0 Å². The summed E-state index contributed by atoms with van der Waals surface area (Å²) in [6.07, 6.45) is 35.5. The Kier molecular flexibility index (Phi) is 23.1. The van der Waals surface area contributed by atoms with Gasteiger partial charge in [0.25, 0.3) is 0 Å². The van der Waals surface area contributed by atoms with Crippen molar-refractivity contribution >= 4 is 33.9 Å². The van der Waals surface area contributed by atoms with Gasteiger partial charge in [-0.2, -0.15) is 0 Å². The summed E-state index contributed by atoms with van der Waals surface area (Å²) in [7, 11) is -2.34. The molecule has 0 aliphatic carbocycles. The first-order chi connectivity index (χ1) is 29.7. The average Bonchev–Trinajstić information content (AvgIpc) is 3.23. The first-order valence-corrected chi connectivity index (χ1v) is 23.7. The predicted molar refractivity (Wildman–Crippen MR) is 250 cm³/mol. The monoisotopic (exact) mass is 873 g/mol. The van der Waals surface area contributed by atoms with Crippen LogP contribution in [0, 0.1) is 5.82 Å². The van der Waals surface area contributed by atoms with Crippen LogP contribution in [0.5, 0.6) is 0 Å². The van der Waals surface area contributed by atoms with E-state index in [0.717, 1.165) is 49.1 Å². The van der Waals surface area contributed by atoms with E-state index in [4.69, 9.17) is 0 Å².